The van der Waals surface area contributed by atoms with Crippen LogP contribution in [-0.2, 0) is 10.2 Å². The quantitative estimate of drug-likeness (QED) is 0.865. The van der Waals surface area contributed by atoms with Crippen molar-refractivity contribution in [2.45, 2.75) is 71.1 Å². The Labute approximate surface area is 160 Å². The minimum absolute atomic E-state index is 0.130. The van der Waals surface area contributed by atoms with Gasteiger partial charge < -0.3 is 5.32 Å². The maximum absolute atomic E-state index is 13.1. The molecule has 144 valence electrons. The van der Waals surface area contributed by atoms with Crippen LogP contribution in [0, 0.1) is 23.2 Å². The van der Waals surface area contributed by atoms with Gasteiger partial charge in [0.05, 0.1) is 0 Å². The molecule has 1 N–H and O–H groups in total. The zero-order chi connectivity index (χ0) is 18.8. The van der Waals surface area contributed by atoms with E-state index in [4.69, 9.17) is 0 Å². The van der Waals surface area contributed by atoms with E-state index in [-0.39, 0.29) is 16.7 Å². The van der Waals surface area contributed by atoms with E-state index in [1.807, 2.05) is 12.3 Å². The molecule has 4 aliphatic rings. The highest BCUT2D eigenvalue weighted by atomic mass is 16.1. The lowest BCUT2D eigenvalue weighted by Crippen LogP contribution is -2.47. The topological polar surface area (TPSA) is 59.3 Å². The van der Waals surface area contributed by atoms with Gasteiger partial charge in [0.15, 0.2) is 11.5 Å². The first kappa shape index (κ1) is 17.2. The minimum Gasteiger partial charge on any atom is -0.309 e. The molecule has 4 saturated carbocycles. The van der Waals surface area contributed by atoms with Crippen LogP contribution in [0.25, 0.3) is 5.65 Å². The van der Waals surface area contributed by atoms with Crippen molar-refractivity contribution >= 4 is 17.4 Å². The number of hydrogen-bond donors (Lipinski definition) is 1. The Balaban J connectivity index is 1.40. The first-order valence-corrected chi connectivity index (χ1v) is 10.5. The molecule has 0 unspecified atom stereocenters. The molecule has 5 nitrogen and oxygen atoms in total. The third kappa shape index (κ3) is 2.95. The molecule has 0 atom stereocenters. The van der Waals surface area contributed by atoms with Crippen molar-refractivity contribution < 1.29 is 4.79 Å². The number of nitrogens with one attached hydrogen (secondary N) is 1. The molecule has 0 aromatic carbocycles. The fourth-order valence-corrected chi connectivity index (χ4v) is 6.69. The monoisotopic (exact) mass is 366 g/mol. The summed E-state index contributed by atoms with van der Waals surface area (Å²) in [5, 5.41) is 7.81. The minimum atomic E-state index is -0.139. The third-order valence-corrected chi connectivity index (χ3v) is 7.10. The van der Waals surface area contributed by atoms with Gasteiger partial charge in [0, 0.05) is 24.4 Å². The molecule has 1 amide bonds. The first-order chi connectivity index (χ1) is 12.8. The highest BCUT2D eigenvalue weighted by molar-refractivity contribution is 5.92. The van der Waals surface area contributed by atoms with Crippen molar-refractivity contribution in [1.29, 1.82) is 0 Å². The van der Waals surface area contributed by atoms with Crippen molar-refractivity contribution in [1.82, 2.24) is 14.6 Å². The highest BCUT2D eigenvalue weighted by Gasteiger charge is 2.51. The van der Waals surface area contributed by atoms with Crippen LogP contribution in [-0.4, -0.2) is 20.5 Å². The average Bonchev–Trinajstić information content (AvgIpc) is 2.90. The van der Waals surface area contributed by atoms with Crippen LogP contribution in [0.4, 0.5) is 5.82 Å². The number of carbonyl (C=O) groups excluding carboxylic acids is 1. The smallest absolute Gasteiger partial charge is 0.226 e. The summed E-state index contributed by atoms with van der Waals surface area (Å²) < 4.78 is 1.78. The number of aromatic nitrogens is 3. The zero-order valence-corrected chi connectivity index (χ0v) is 16.7. The van der Waals surface area contributed by atoms with E-state index in [0.717, 1.165) is 29.0 Å². The van der Waals surface area contributed by atoms with Crippen LogP contribution in [0.2, 0.25) is 0 Å². The summed E-state index contributed by atoms with van der Waals surface area (Å²) in [5.41, 5.74) is 1.95. The van der Waals surface area contributed by atoms with Gasteiger partial charge in [-0.2, -0.15) is 0 Å². The lowest BCUT2D eigenvalue weighted by atomic mass is 9.49. The molecule has 0 radical (unpaired) electrons. The summed E-state index contributed by atoms with van der Waals surface area (Å²) in [5.74, 6) is 3.41. The molecule has 4 bridgehead atoms. The fourth-order valence-electron chi connectivity index (χ4n) is 6.69. The van der Waals surface area contributed by atoms with Crippen LogP contribution < -0.4 is 5.32 Å². The number of anilines is 1. The van der Waals surface area contributed by atoms with E-state index in [0.29, 0.717) is 12.2 Å². The molecule has 0 spiro atoms. The van der Waals surface area contributed by atoms with E-state index in [2.05, 4.69) is 36.2 Å². The van der Waals surface area contributed by atoms with Gasteiger partial charge in [-0.25, -0.2) is 9.50 Å². The van der Waals surface area contributed by atoms with Crippen LogP contribution in [0.3, 0.4) is 0 Å². The third-order valence-electron chi connectivity index (χ3n) is 7.10. The average molecular weight is 367 g/mol. The van der Waals surface area contributed by atoms with Crippen molar-refractivity contribution in [2.75, 3.05) is 5.32 Å². The Kier molecular flexibility index (Phi) is 3.69. The van der Waals surface area contributed by atoms with Crippen LogP contribution in [0.5, 0.6) is 0 Å². The SMILES string of the molecule is CC(C)(C)c1c(NC(=O)CC23CC4CC(CC(C4)C2)C3)nn2cccnc12. The lowest BCUT2D eigenvalue weighted by molar-refractivity contribution is -0.124. The maximum Gasteiger partial charge on any atom is 0.226 e. The molecule has 2 aromatic rings. The van der Waals surface area contributed by atoms with Gasteiger partial charge in [-0.3, -0.25) is 4.79 Å². The molecule has 2 aromatic heterocycles. The molecule has 2 heterocycles. The molecule has 0 aliphatic heterocycles. The molecular formula is C22H30N4O. The van der Waals surface area contributed by atoms with Crippen molar-refractivity contribution in [3.63, 3.8) is 0 Å². The van der Waals surface area contributed by atoms with Gasteiger partial charge in [0.1, 0.15) is 0 Å². The van der Waals surface area contributed by atoms with Gasteiger partial charge in [0.25, 0.3) is 0 Å². The molecule has 6 rings (SSSR count). The number of fused-ring (bicyclic) bond motifs is 1. The van der Waals surface area contributed by atoms with Gasteiger partial charge >= 0.3 is 0 Å². The van der Waals surface area contributed by atoms with Crippen LogP contribution >= 0.6 is 0 Å². The lowest BCUT2D eigenvalue weighted by Gasteiger charge is -2.56. The normalized spacial score (nSPS) is 32.2. The van der Waals surface area contributed by atoms with Crippen LogP contribution in [0.1, 0.15) is 71.3 Å². The number of nitrogens with zero attached hydrogens (tertiary/aromatic N) is 3. The number of hydrogen-bond acceptors (Lipinski definition) is 3. The summed E-state index contributed by atoms with van der Waals surface area (Å²) in [6, 6.07) is 1.87. The summed E-state index contributed by atoms with van der Waals surface area (Å²) >= 11 is 0. The Morgan fingerprint density at radius 3 is 2.41 bits per heavy atom. The second kappa shape index (κ2) is 5.79. The van der Waals surface area contributed by atoms with Crippen molar-refractivity contribution in [3.05, 3.63) is 24.0 Å². The van der Waals surface area contributed by atoms with E-state index >= 15 is 0 Å². The Morgan fingerprint density at radius 2 is 1.81 bits per heavy atom. The summed E-state index contributed by atoms with van der Waals surface area (Å²) in [7, 11) is 0. The second-order valence-corrected chi connectivity index (χ2v) is 10.5. The zero-order valence-electron chi connectivity index (χ0n) is 16.7. The van der Waals surface area contributed by atoms with Gasteiger partial charge in [-0.1, -0.05) is 20.8 Å². The van der Waals surface area contributed by atoms with Gasteiger partial charge in [-0.05, 0) is 73.2 Å². The first-order valence-electron chi connectivity index (χ1n) is 10.5. The Morgan fingerprint density at radius 1 is 1.19 bits per heavy atom. The Hall–Kier alpha value is -1.91. The highest BCUT2D eigenvalue weighted by Crippen LogP contribution is 2.61. The van der Waals surface area contributed by atoms with E-state index in [1.54, 1.807) is 10.7 Å². The number of carbonyl (C=O) groups is 1. The second-order valence-electron chi connectivity index (χ2n) is 10.5. The number of rotatable bonds is 3. The standard InChI is InChI=1S/C22H30N4O/c1-21(2,3)18-19(25-26-6-4-5-23-20(18)26)24-17(27)13-22-10-14-7-15(11-22)9-16(8-14)12-22/h4-6,14-16H,7-13H2,1-3H3,(H,24,25,27). The molecule has 4 fully saturated rings. The van der Waals surface area contributed by atoms with Crippen LogP contribution in [0.15, 0.2) is 18.5 Å². The Bertz CT molecular complexity index is 856. The largest absolute Gasteiger partial charge is 0.309 e. The molecule has 4 aliphatic carbocycles. The van der Waals surface area contributed by atoms with Crippen molar-refractivity contribution in [2.24, 2.45) is 23.2 Å². The van der Waals surface area contributed by atoms with E-state index in [9.17, 15) is 4.79 Å². The molecule has 5 heteroatoms. The maximum atomic E-state index is 13.1. The predicted molar refractivity (Wildman–Crippen MR) is 106 cm³/mol. The molecular weight excluding hydrogens is 336 g/mol. The summed E-state index contributed by atoms with van der Waals surface area (Å²) in [4.78, 5) is 17.6. The van der Waals surface area contributed by atoms with Gasteiger partial charge in [0.2, 0.25) is 5.91 Å². The summed E-state index contributed by atoms with van der Waals surface area (Å²) in [6.45, 7) is 6.44. The van der Waals surface area contributed by atoms with Gasteiger partial charge in [-0.15, -0.1) is 5.10 Å². The van der Waals surface area contributed by atoms with Crippen molar-refractivity contribution in [3.8, 4) is 0 Å². The summed E-state index contributed by atoms with van der Waals surface area (Å²) in [6.07, 6.45) is 12.3. The van der Waals surface area contributed by atoms with E-state index < -0.39 is 0 Å². The fraction of sp³-hybridized carbons (Fsp3) is 0.682. The predicted octanol–water partition coefficient (Wildman–Crippen LogP) is 4.57. The molecule has 0 saturated heterocycles. The number of amides is 1. The van der Waals surface area contributed by atoms with E-state index in [1.165, 1.54) is 38.5 Å². The molecule has 27 heavy (non-hydrogen) atoms.